The van der Waals surface area contributed by atoms with E-state index in [1.54, 1.807) is 23.9 Å². The van der Waals surface area contributed by atoms with Crippen LogP contribution < -0.4 is 9.62 Å². The summed E-state index contributed by atoms with van der Waals surface area (Å²) < 4.78 is 26.3. The average molecular weight is 401 g/mol. The number of thioether (sulfide) groups is 1. The Balaban J connectivity index is 3.02. The van der Waals surface area contributed by atoms with Gasteiger partial charge in [-0.05, 0) is 43.5 Å². The molecule has 1 N–H and O–H groups in total. The van der Waals surface area contributed by atoms with Gasteiger partial charge in [-0.2, -0.15) is 11.8 Å². The number of aryl methyl sites for hydroxylation is 2. The normalized spacial score (nSPS) is 13.3. The average Bonchev–Trinajstić information content (AvgIpc) is 2.45. The van der Waals surface area contributed by atoms with Gasteiger partial charge in [0.05, 0.1) is 11.9 Å². The highest BCUT2D eigenvalue weighted by atomic mass is 32.2. The number of hydrogen-bond donors (Lipinski definition) is 1. The highest BCUT2D eigenvalue weighted by Gasteiger charge is 2.31. The molecule has 0 fully saturated rings. The van der Waals surface area contributed by atoms with Crippen LogP contribution in [-0.2, 0) is 14.8 Å². The summed E-state index contributed by atoms with van der Waals surface area (Å²) in [4.78, 5) is 12.7. The van der Waals surface area contributed by atoms with E-state index >= 15 is 0 Å². The van der Waals surface area contributed by atoms with Crippen molar-refractivity contribution in [2.45, 2.75) is 58.8 Å². The van der Waals surface area contributed by atoms with Crippen LogP contribution in [-0.4, -0.2) is 43.7 Å². The highest BCUT2D eigenvalue weighted by molar-refractivity contribution is 8.00. The molecule has 1 aromatic carbocycles. The van der Waals surface area contributed by atoms with Crippen LogP contribution in [0.1, 0.15) is 45.2 Å². The van der Waals surface area contributed by atoms with E-state index in [1.807, 2.05) is 26.8 Å². The number of nitrogens with zero attached hydrogens (tertiary/aromatic N) is 1. The summed E-state index contributed by atoms with van der Waals surface area (Å²) in [6, 6.07) is 4.83. The summed E-state index contributed by atoms with van der Waals surface area (Å²) in [6.07, 6.45) is 1.55. The van der Waals surface area contributed by atoms with Crippen molar-refractivity contribution in [1.82, 2.24) is 5.32 Å². The maximum Gasteiger partial charge on any atom is 0.243 e. The molecule has 0 unspecified atom stereocenters. The van der Waals surface area contributed by atoms with Gasteiger partial charge >= 0.3 is 0 Å². The second-order valence-electron chi connectivity index (χ2n) is 7.58. The first-order chi connectivity index (χ1) is 11.8. The Morgan fingerprint density at radius 1 is 1.19 bits per heavy atom. The van der Waals surface area contributed by atoms with Gasteiger partial charge in [-0.3, -0.25) is 9.10 Å². The van der Waals surface area contributed by atoms with Crippen LogP contribution in [0.5, 0.6) is 0 Å². The van der Waals surface area contributed by atoms with Gasteiger partial charge < -0.3 is 5.32 Å². The first-order valence-electron chi connectivity index (χ1n) is 8.84. The highest BCUT2D eigenvalue weighted by Crippen LogP contribution is 2.25. The Kier molecular flexibility index (Phi) is 8.02. The Labute approximate surface area is 163 Å². The Bertz CT molecular complexity index is 705. The van der Waals surface area contributed by atoms with Crippen molar-refractivity contribution in [1.29, 1.82) is 0 Å². The van der Waals surface area contributed by atoms with E-state index in [9.17, 15) is 13.2 Å². The minimum absolute atomic E-state index is 0.132. The summed E-state index contributed by atoms with van der Waals surface area (Å²) in [5.41, 5.74) is 2.46. The van der Waals surface area contributed by atoms with Crippen molar-refractivity contribution in [3.8, 4) is 0 Å². The summed E-state index contributed by atoms with van der Waals surface area (Å²) in [6.45, 7) is 12.6. The molecule has 0 spiro atoms. The van der Waals surface area contributed by atoms with Gasteiger partial charge in [0.15, 0.2) is 0 Å². The van der Waals surface area contributed by atoms with Gasteiger partial charge in [0.25, 0.3) is 0 Å². The summed E-state index contributed by atoms with van der Waals surface area (Å²) in [5, 5.41) is 2.89. The van der Waals surface area contributed by atoms with E-state index < -0.39 is 16.1 Å². The molecule has 0 bridgehead atoms. The molecule has 0 radical (unpaired) electrons. The predicted molar refractivity (Wildman–Crippen MR) is 113 cm³/mol. The predicted octanol–water partition coefficient (Wildman–Crippen LogP) is 3.50. The topological polar surface area (TPSA) is 66.5 Å². The fraction of sp³-hybridized carbons (Fsp3) is 0.632. The van der Waals surface area contributed by atoms with Crippen molar-refractivity contribution in [3.05, 3.63) is 29.3 Å². The van der Waals surface area contributed by atoms with Gasteiger partial charge in [0.1, 0.15) is 6.04 Å². The molecule has 5 nitrogen and oxygen atoms in total. The van der Waals surface area contributed by atoms with Gasteiger partial charge in [0, 0.05) is 17.0 Å². The molecule has 1 atom stereocenters. The third-order valence-corrected chi connectivity index (χ3v) is 6.18. The Morgan fingerprint density at radius 3 is 2.15 bits per heavy atom. The molecular formula is C19H32N2O3S2. The second-order valence-corrected chi connectivity index (χ2v) is 11.4. The molecule has 7 heteroatoms. The summed E-state index contributed by atoms with van der Waals surface area (Å²) >= 11 is 1.76. The zero-order valence-electron chi connectivity index (χ0n) is 16.9. The maximum atomic E-state index is 12.7. The minimum Gasteiger partial charge on any atom is -0.353 e. The van der Waals surface area contributed by atoms with Crippen LogP contribution >= 0.6 is 11.8 Å². The van der Waals surface area contributed by atoms with Gasteiger partial charge in [-0.1, -0.05) is 33.8 Å². The van der Waals surface area contributed by atoms with Crippen LogP contribution in [0, 0.1) is 13.8 Å². The number of hydrogen-bond acceptors (Lipinski definition) is 4. The zero-order chi connectivity index (χ0) is 20.1. The molecular weight excluding hydrogens is 368 g/mol. The third-order valence-electron chi connectivity index (χ3n) is 3.73. The molecule has 0 aromatic heterocycles. The van der Waals surface area contributed by atoms with E-state index in [2.05, 4.69) is 26.1 Å². The van der Waals surface area contributed by atoms with Crippen molar-refractivity contribution in [3.63, 3.8) is 0 Å². The molecule has 0 heterocycles. The van der Waals surface area contributed by atoms with Crippen LogP contribution in [0.3, 0.4) is 0 Å². The molecule has 148 valence electrons. The minimum atomic E-state index is -3.59. The SMILES string of the molecule is CC[C@H](C(=O)NCCSC(C)(C)C)N(c1cc(C)cc(C)c1)S(C)(=O)=O. The second kappa shape index (κ2) is 9.13. The number of anilines is 1. The number of sulfonamides is 1. The van der Waals surface area contributed by atoms with Crippen LogP contribution in [0.25, 0.3) is 0 Å². The third kappa shape index (κ3) is 7.19. The van der Waals surface area contributed by atoms with E-state index in [0.717, 1.165) is 23.1 Å². The number of amides is 1. The quantitative estimate of drug-likeness (QED) is 0.678. The molecule has 1 rings (SSSR count). The number of nitrogens with one attached hydrogen (secondary N) is 1. The van der Waals surface area contributed by atoms with E-state index in [1.165, 1.54) is 4.31 Å². The van der Waals surface area contributed by atoms with Crippen molar-refractivity contribution in [2.75, 3.05) is 22.9 Å². The molecule has 0 aliphatic carbocycles. The largest absolute Gasteiger partial charge is 0.353 e. The zero-order valence-corrected chi connectivity index (χ0v) is 18.6. The molecule has 26 heavy (non-hydrogen) atoms. The van der Waals surface area contributed by atoms with Crippen LogP contribution in [0.2, 0.25) is 0 Å². The maximum absolute atomic E-state index is 12.7. The summed E-state index contributed by atoms with van der Waals surface area (Å²) in [7, 11) is -3.59. The fourth-order valence-corrected chi connectivity index (χ4v) is 4.80. The molecule has 0 saturated carbocycles. The molecule has 1 amide bonds. The lowest BCUT2D eigenvalue weighted by Crippen LogP contribution is -2.49. The molecule has 0 aliphatic rings. The first-order valence-corrected chi connectivity index (χ1v) is 11.7. The number of benzene rings is 1. The Morgan fingerprint density at radius 2 is 1.73 bits per heavy atom. The van der Waals surface area contributed by atoms with Crippen molar-refractivity contribution >= 4 is 33.4 Å². The first kappa shape index (κ1) is 22.8. The lowest BCUT2D eigenvalue weighted by atomic mass is 10.1. The standard InChI is InChI=1S/C19H32N2O3S2/c1-8-17(18(22)20-9-10-25-19(4,5)6)21(26(7,23)24)16-12-14(2)11-15(3)13-16/h11-13,17H,8-10H2,1-7H3,(H,20,22)/t17-/m1/s1. The fourth-order valence-electron chi connectivity index (χ4n) is 2.79. The van der Waals surface area contributed by atoms with Gasteiger partial charge in [0.2, 0.25) is 15.9 Å². The van der Waals surface area contributed by atoms with Crippen LogP contribution in [0.4, 0.5) is 5.69 Å². The lowest BCUT2D eigenvalue weighted by molar-refractivity contribution is -0.122. The van der Waals surface area contributed by atoms with E-state index in [0.29, 0.717) is 18.7 Å². The molecule has 0 saturated heterocycles. The monoisotopic (exact) mass is 400 g/mol. The Hall–Kier alpha value is -1.21. The lowest BCUT2D eigenvalue weighted by Gasteiger charge is -2.30. The van der Waals surface area contributed by atoms with Crippen molar-refractivity contribution < 1.29 is 13.2 Å². The van der Waals surface area contributed by atoms with E-state index in [-0.39, 0.29) is 10.7 Å². The molecule has 0 aliphatic heterocycles. The van der Waals surface area contributed by atoms with E-state index in [4.69, 9.17) is 0 Å². The van der Waals surface area contributed by atoms with Crippen LogP contribution in [0.15, 0.2) is 18.2 Å². The number of rotatable bonds is 8. The number of carbonyl (C=O) groups excluding carboxylic acids is 1. The molecule has 1 aromatic rings. The smallest absolute Gasteiger partial charge is 0.243 e. The van der Waals surface area contributed by atoms with Crippen molar-refractivity contribution in [2.24, 2.45) is 0 Å². The van der Waals surface area contributed by atoms with Gasteiger partial charge in [-0.25, -0.2) is 8.42 Å². The summed E-state index contributed by atoms with van der Waals surface area (Å²) in [5.74, 6) is 0.528. The number of carbonyl (C=O) groups is 1. The van der Waals surface area contributed by atoms with Gasteiger partial charge in [-0.15, -0.1) is 0 Å².